The summed E-state index contributed by atoms with van der Waals surface area (Å²) in [6, 6.07) is 24.6. The maximum atomic E-state index is 13.5. The molecule has 4 aromatic rings. The molecule has 21 heteroatoms. The Bertz CT molecular complexity index is 2690. The van der Waals surface area contributed by atoms with Crippen molar-refractivity contribution in [1.82, 2.24) is 19.8 Å². The third-order valence-electron chi connectivity index (χ3n) is 13.7. The van der Waals surface area contributed by atoms with Crippen LogP contribution in [-0.2, 0) is 78.4 Å². The first-order valence-corrected chi connectivity index (χ1v) is 28.5. The zero-order valence-electron chi connectivity index (χ0n) is 51.3. The van der Waals surface area contributed by atoms with E-state index in [1.165, 1.54) is 23.9 Å². The Labute approximate surface area is 492 Å². The molecule has 4 heterocycles. The zero-order valence-corrected chi connectivity index (χ0v) is 49.3. The van der Waals surface area contributed by atoms with E-state index in [1.54, 1.807) is 53.9 Å². The number of ether oxygens (including phenoxy) is 7. The molecule has 2 saturated heterocycles. The number of amides is 2. The average Bonchev–Trinajstić information content (AvgIpc) is 3.86. The number of aliphatic carboxylic acids is 1. The van der Waals surface area contributed by atoms with Gasteiger partial charge in [0, 0.05) is 69.9 Å². The molecule has 0 radical (unpaired) electrons. The second kappa shape index (κ2) is 31.3. The van der Waals surface area contributed by atoms with Crippen molar-refractivity contribution in [2.24, 2.45) is 11.8 Å². The van der Waals surface area contributed by atoms with Gasteiger partial charge in [-0.3, -0.25) is 9.80 Å². The standard InChI is InChI=1S/C31H41N3O7.C19H22N2O4.C12H21NO4.2H2/c1-31(2,3)41-30(37)33(4)25(18-22-10-11-22)28(35)40-26(29(36)39-21-23-8-6-5-7-9-23)19-24-12-13-27(32-20-24)34-14-16-38-17-15-34;22-17(19(23)25-14-15-4-2-1-3-5-15)12-16-6-7-18(20-13-16)21-8-10-24-11-9-21;1-12(2,3)17-11(16)13(4)9(10(14)15)7-8-5-6-8;;/h5-9,12-13,20,22,25-26H,10-11,14-19,21H2,1-4H3;1-7,13,17,22H,8-12,14H2;8-9H,5-7H2,1-4H3,(H,14,15);2*1H/t25-,26+;17-;9-;;/m010../s1/i;;;1+1D;1+1. The molecule has 2 aliphatic carbocycles. The van der Waals surface area contributed by atoms with Crippen LogP contribution in [0.4, 0.5) is 21.2 Å². The summed E-state index contributed by atoms with van der Waals surface area (Å²) >= 11 is 0. The molecule has 4 fully saturated rings. The quantitative estimate of drug-likeness (QED) is 0.0588. The third kappa shape index (κ3) is 23.1. The topological polar surface area (TPSA) is 246 Å². The number of rotatable bonds is 21. The number of carboxylic acid groups (broad SMARTS) is 1. The van der Waals surface area contributed by atoms with E-state index in [1.807, 2.05) is 84.9 Å². The second-order valence-corrected chi connectivity index (χ2v) is 23.2. The number of likely N-dealkylation sites (N-methyl/N-ethyl adjacent to an activating group) is 2. The van der Waals surface area contributed by atoms with Crippen molar-refractivity contribution in [2.75, 3.05) is 76.5 Å². The van der Waals surface area contributed by atoms with E-state index in [0.29, 0.717) is 51.1 Å². The van der Waals surface area contributed by atoms with Crippen LogP contribution in [0, 0.1) is 11.8 Å². The number of pyridine rings is 2. The Morgan fingerprint density at radius 1 is 0.590 bits per heavy atom. The molecule has 83 heavy (non-hydrogen) atoms. The SMILES string of the molecule is CN(C(=O)OC(C)(C)C)[C@@H](CC1CC1)C(=O)O.CN(C(=O)OC(C)(C)C)[C@@H](CC1CC1)C(=O)O[C@H](Cc1ccc(N2CCOCC2)nc1)C(=O)OCc1ccccc1.O=C(OCc1ccccc1)[C@H](O)Cc1ccc(N2CCOCC2)nc1.[2HH].[2H][2H]. The molecule has 2 amide bonds. The summed E-state index contributed by atoms with van der Waals surface area (Å²) in [4.78, 5) is 90.2. The third-order valence-corrected chi connectivity index (χ3v) is 13.7. The van der Waals surface area contributed by atoms with E-state index in [-0.39, 0.29) is 27.5 Å². The van der Waals surface area contributed by atoms with Gasteiger partial charge in [0.1, 0.15) is 48.1 Å². The minimum atomic E-state index is -1.21. The van der Waals surface area contributed by atoms with Crippen molar-refractivity contribution in [2.45, 2.75) is 142 Å². The minimum absolute atomic E-state index is 0. The Morgan fingerprint density at radius 3 is 1.40 bits per heavy atom. The Hall–Kier alpha value is -7.36. The highest BCUT2D eigenvalue weighted by atomic mass is 16.6. The van der Waals surface area contributed by atoms with Crippen LogP contribution in [0.3, 0.4) is 0 Å². The number of aromatic nitrogens is 2. The van der Waals surface area contributed by atoms with Gasteiger partial charge in [0.05, 0.1) is 26.4 Å². The highest BCUT2D eigenvalue weighted by molar-refractivity contribution is 5.85. The van der Waals surface area contributed by atoms with Crippen molar-refractivity contribution in [3.8, 4) is 0 Å². The summed E-state index contributed by atoms with van der Waals surface area (Å²) in [5.41, 5.74) is 1.90. The number of carboxylic acids is 1. The summed E-state index contributed by atoms with van der Waals surface area (Å²) in [5, 5.41) is 19.2. The van der Waals surface area contributed by atoms with Crippen molar-refractivity contribution in [3.05, 3.63) is 120 Å². The number of carbonyl (C=O) groups is 6. The van der Waals surface area contributed by atoms with Crippen LogP contribution in [0.1, 0.15) is 107 Å². The van der Waals surface area contributed by atoms with Crippen molar-refractivity contribution in [1.29, 1.82) is 0 Å². The smallest absolute Gasteiger partial charge is 0.410 e. The summed E-state index contributed by atoms with van der Waals surface area (Å²) in [6.45, 7) is 16.6. The maximum Gasteiger partial charge on any atom is 0.410 e. The molecule has 0 bridgehead atoms. The number of hydrogen-bond donors (Lipinski definition) is 2. The van der Waals surface area contributed by atoms with E-state index in [2.05, 4.69) is 19.8 Å². The molecule has 2 aromatic carbocycles. The molecule has 4 atom stereocenters. The first-order chi connectivity index (χ1) is 40.5. The van der Waals surface area contributed by atoms with Gasteiger partial charge in [-0.2, -0.15) is 0 Å². The van der Waals surface area contributed by atoms with Gasteiger partial charge < -0.3 is 53.2 Å². The zero-order chi connectivity index (χ0) is 62.1. The lowest BCUT2D eigenvalue weighted by molar-refractivity contribution is -0.171. The molecule has 8 rings (SSSR count). The van der Waals surface area contributed by atoms with Crippen LogP contribution in [0.15, 0.2) is 97.3 Å². The first-order valence-electron chi connectivity index (χ1n) is 29.5. The number of aliphatic hydroxyl groups excluding tert-OH is 1. The lowest BCUT2D eigenvalue weighted by atomic mass is 10.1. The first kappa shape index (κ1) is 63.2. The Morgan fingerprint density at radius 2 is 1.00 bits per heavy atom. The number of anilines is 2. The summed E-state index contributed by atoms with van der Waals surface area (Å²) in [7, 11) is 3.01. The molecule has 21 nitrogen and oxygen atoms in total. The highest BCUT2D eigenvalue weighted by Gasteiger charge is 2.39. The van der Waals surface area contributed by atoms with Gasteiger partial charge in [-0.05, 0) is 101 Å². The summed E-state index contributed by atoms with van der Waals surface area (Å²) in [6.07, 6.45) is 5.09. The predicted molar refractivity (Wildman–Crippen MR) is 312 cm³/mol. The molecule has 0 unspecified atom stereocenters. The number of nitrogens with zero attached hydrogens (tertiary/aromatic N) is 6. The number of benzene rings is 2. The lowest BCUT2D eigenvalue weighted by Gasteiger charge is -2.30. The van der Waals surface area contributed by atoms with Crippen molar-refractivity contribution < 1.29 is 76.5 Å². The Balaban J connectivity index is 0.000000299. The molecular formula is C62H88N6O15. The van der Waals surface area contributed by atoms with Gasteiger partial charge in [-0.15, -0.1) is 0 Å². The molecule has 2 aliphatic heterocycles. The van der Waals surface area contributed by atoms with Gasteiger partial charge in [-0.25, -0.2) is 38.7 Å². The largest absolute Gasteiger partial charge is 0.480 e. The molecule has 0 spiro atoms. The van der Waals surface area contributed by atoms with Crippen LogP contribution < -0.4 is 9.80 Å². The number of hydrogen-bond acceptors (Lipinski definition) is 18. The van der Waals surface area contributed by atoms with E-state index >= 15 is 0 Å². The van der Waals surface area contributed by atoms with Crippen LogP contribution >= 0.6 is 0 Å². The highest BCUT2D eigenvalue weighted by Crippen LogP contribution is 2.36. The van der Waals surface area contributed by atoms with Crippen LogP contribution in [0.2, 0.25) is 0 Å². The number of esters is 3. The fourth-order valence-corrected chi connectivity index (χ4v) is 8.69. The van der Waals surface area contributed by atoms with Crippen LogP contribution in [0.5, 0.6) is 0 Å². The van der Waals surface area contributed by atoms with Gasteiger partial charge in [-0.1, -0.05) is 98.5 Å². The van der Waals surface area contributed by atoms with E-state index in [9.17, 15) is 33.9 Å². The van der Waals surface area contributed by atoms with Crippen LogP contribution in [0.25, 0.3) is 0 Å². The molecule has 2 N–H and O–H groups in total. The van der Waals surface area contributed by atoms with Gasteiger partial charge >= 0.3 is 36.1 Å². The molecular weight excluding hydrogens is 1070 g/mol. The fraction of sp³-hybridized carbons (Fsp3) is 0.548. The lowest BCUT2D eigenvalue weighted by Crippen LogP contribution is -2.47. The molecule has 456 valence electrons. The molecule has 2 aromatic heterocycles. The number of aliphatic hydroxyl groups is 1. The van der Waals surface area contributed by atoms with Crippen molar-refractivity contribution in [3.63, 3.8) is 0 Å². The van der Waals surface area contributed by atoms with E-state index in [0.717, 1.165) is 85.8 Å². The second-order valence-electron chi connectivity index (χ2n) is 23.2. The summed E-state index contributed by atoms with van der Waals surface area (Å²) in [5.74, 6) is -0.450. The summed E-state index contributed by atoms with van der Waals surface area (Å²) < 4.78 is 47.9. The maximum absolute atomic E-state index is 13.5. The van der Waals surface area contributed by atoms with Gasteiger partial charge in [0.2, 0.25) is 6.10 Å². The van der Waals surface area contributed by atoms with Crippen molar-refractivity contribution >= 4 is 47.7 Å². The number of morpholine rings is 2. The monoisotopic (exact) mass is 1160 g/mol. The van der Waals surface area contributed by atoms with E-state index in [4.69, 9.17) is 41.2 Å². The molecule has 4 aliphatic rings. The average molecular weight is 1160 g/mol. The Kier molecular flexibility index (Phi) is 23.9. The minimum Gasteiger partial charge on any atom is -0.480 e. The van der Waals surface area contributed by atoms with Crippen LogP contribution in [-0.4, -0.2) is 168 Å². The fourth-order valence-electron chi connectivity index (χ4n) is 8.69. The van der Waals surface area contributed by atoms with Gasteiger partial charge in [0.25, 0.3) is 0 Å². The van der Waals surface area contributed by atoms with E-state index < -0.39 is 71.6 Å². The number of carbonyl (C=O) groups excluding carboxylic acids is 5. The normalized spacial score (nSPS) is 16.7. The predicted octanol–water partition coefficient (Wildman–Crippen LogP) is 8.32. The van der Waals surface area contributed by atoms with Gasteiger partial charge in [0.15, 0.2) is 6.10 Å². The molecule has 2 saturated carbocycles.